The number of aromatic nitrogens is 3. The van der Waals surface area contributed by atoms with E-state index in [1.54, 1.807) is 17.8 Å². The van der Waals surface area contributed by atoms with E-state index in [4.69, 9.17) is 0 Å². The molecule has 6 heteroatoms. The molecule has 0 N–H and O–H groups in total. The zero-order chi connectivity index (χ0) is 14.3. The monoisotopic (exact) mass is 289 g/mol. The number of hydrogen-bond donors (Lipinski definition) is 0. The van der Waals surface area contributed by atoms with Crippen molar-refractivity contribution in [3.8, 4) is 11.8 Å². The van der Waals surface area contributed by atoms with Crippen molar-refractivity contribution in [2.45, 2.75) is 26.3 Å². The van der Waals surface area contributed by atoms with Crippen molar-refractivity contribution in [3.63, 3.8) is 0 Å². The molecule has 0 spiro atoms. The molecule has 1 unspecified atom stereocenters. The van der Waals surface area contributed by atoms with Gasteiger partial charge in [-0.3, -0.25) is 0 Å². The van der Waals surface area contributed by atoms with Crippen LogP contribution in [0.2, 0.25) is 0 Å². The number of aryl methyl sites for hydroxylation is 1. The van der Waals surface area contributed by atoms with E-state index >= 15 is 0 Å². The molecule has 0 radical (unpaired) electrons. The highest BCUT2D eigenvalue weighted by Crippen LogP contribution is 2.27. The molecule has 1 aliphatic rings. The van der Waals surface area contributed by atoms with Gasteiger partial charge in [-0.25, -0.2) is 18.1 Å². The summed E-state index contributed by atoms with van der Waals surface area (Å²) in [6, 6.07) is 1.85. The first-order valence-corrected chi connectivity index (χ1v) is 8.30. The molecule has 104 valence electrons. The maximum atomic E-state index is 11.6. The van der Waals surface area contributed by atoms with Gasteiger partial charge in [0.15, 0.2) is 15.5 Å². The Morgan fingerprint density at radius 3 is 2.90 bits per heavy atom. The second-order valence-corrected chi connectivity index (χ2v) is 7.29. The molecule has 0 aromatic carbocycles. The molecule has 1 aliphatic heterocycles. The molecule has 2 aromatic rings. The highest BCUT2D eigenvalue weighted by atomic mass is 32.2. The fourth-order valence-corrected chi connectivity index (χ4v) is 4.30. The molecule has 1 saturated heterocycles. The predicted molar refractivity (Wildman–Crippen MR) is 77.1 cm³/mol. The van der Waals surface area contributed by atoms with Crippen LogP contribution in [0.25, 0.3) is 11.0 Å². The van der Waals surface area contributed by atoms with Gasteiger partial charge in [0.2, 0.25) is 0 Å². The van der Waals surface area contributed by atoms with Crippen molar-refractivity contribution in [2.75, 3.05) is 11.5 Å². The van der Waals surface area contributed by atoms with Crippen molar-refractivity contribution in [3.05, 3.63) is 23.5 Å². The second-order valence-electron chi connectivity index (χ2n) is 5.06. The molecule has 3 rings (SSSR count). The van der Waals surface area contributed by atoms with Crippen LogP contribution in [-0.4, -0.2) is 34.7 Å². The van der Waals surface area contributed by atoms with Crippen LogP contribution >= 0.6 is 0 Å². The molecule has 2 aromatic heterocycles. The molecule has 20 heavy (non-hydrogen) atoms. The van der Waals surface area contributed by atoms with Crippen molar-refractivity contribution in [1.29, 1.82) is 0 Å². The average Bonchev–Trinajstić information content (AvgIpc) is 2.91. The Balaban J connectivity index is 2.11. The number of nitrogens with zero attached hydrogens (tertiary/aromatic N) is 3. The average molecular weight is 289 g/mol. The SMILES string of the molecule is CC#Cc1cnc2c(c1)c(C)nn2C1CCS(=O)(=O)C1. The van der Waals surface area contributed by atoms with Crippen LogP contribution in [0.3, 0.4) is 0 Å². The minimum absolute atomic E-state index is 0.105. The minimum Gasteiger partial charge on any atom is -0.243 e. The first kappa shape index (κ1) is 13.1. The summed E-state index contributed by atoms with van der Waals surface area (Å²) in [4.78, 5) is 4.42. The van der Waals surface area contributed by atoms with Gasteiger partial charge < -0.3 is 0 Å². The van der Waals surface area contributed by atoms with Gasteiger partial charge in [0.1, 0.15) is 0 Å². The third-order valence-electron chi connectivity index (χ3n) is 3.55. The van der Waals surface area contributed by atoms with Gasteiger partial charge in [-0.05, 0) is 26.3 Å². The van der Waals surface area contributed by atoms with E-state index in [0.29, 0.717) is 6.42 Å². The smallest absolute Gasteiger partial charge is 0.158 e. The number of fused-ring (bicyclic) bond motifs is 1. The van der Waals surface area contributed by atoms with Gasteiger partial charge >= 0.3 is 0 Å². The van der Waals surface area contributed by atoms with E-state index in [9.17, 15) is 8.42 Å². The van der Waals surface area contributed by atoms with Gasteiger partial charge in [0.05, 0.1) is 23.2 Å². The normalized spacial score (nSPS) is 20.8. The van der Waals surface area contributed by atoms with Crippen LogP contribution in [0.4, 0.5) is 0 Å². The number of hydrogen-bond acceptors (Lipinski definition) is 4. The van der Waals surface area contributed by atoms with Gasteiger partial charge in [-0.1, -0.05) is 5.92 Å². The van der Waals surface area contributed by atoms with Gasteiger partial charge in [0, 0.05) is 17.1 Å². The lowest BCUT2D eigenvalue weighted by Gasteiger charge is -2.08. The topological polar surface area (TPSA) is 64.8 Å². The maximum Gasteiger partial charge on any atom is 0.158 e. The summed E-state index contributed by atoms with van der Waals surface area (Å²) in [5, 5.41) is 5.42. The summed E-state index contributed by atoms with van der Waals surface area (Å²) < 4.78 is 25.0. The van der Waals surface area contributed by atoms with E-state index in [2.05, 4.69) is 21.9 Å². The molecule has 0 aliphatic carbocycles. The summed E-state index contributed by atoms with van der Waals surface area (Å²) in [5.74, 6) is 6.21. The molecule has 3 heterocycles. The van der Waals surface area contributed by atoms with Crippen LogP contribution < -0.4 is 0 Å². The Morgan fingerprint density at radius 2 is 2.25 bits per heavy atom. The Bertz CT molecular complexity index is 840. The molecule has 5 nitrogen and oxygen atoms in total. The molecule has 1 atom stereocenters. The van der Waals surface area contributed by atoms with Crippen molar-refractivity contribution >= 4 is 20.9 Å². The quantitative estimate of drug-likeness (QED) is 0.746. The summed E-state index contributed by atoms with van der Waals surface area (Å²) >= 11 is 0. The standard InChI is InChI=1S/C14H15N3O2S/c1-3-4-11-7-13-10(2)16-17(14(13)15-8-11)12-5-6-20(18,19)9-12/h7-8,12H,5-6,9H2,1-2H3. The lowest BCUT2D eigenvalue weighted by atomic mass is 10.2. The van der Waals surface area contributed by atoms with Crippen molar-refractivity contribution in [1.82, 2.24) is 14.8 Å². The number of sulfone groups is 1. The van der Waals surface area contributed by atoms with E-state index < -0.39 is 9.84 Å². The molecule has 0 amide bonds. The molecular formula is C14H15N3O2S. The lowest BCUT2D eigenvalue weighted by molar-refractivity contribution is 0.509. The summed E-state index contributed by atoms with van der Waals surface area (Å²) in [6.45, 7) is 3.69. The van der Waals surface area contributed by atoms with Crippen LogP contribution in [0.5, 0.6) is 0 Å². The van der Waals surface area contributed by atoms with Gasteiger partial charge in [-0.15, -0.1) is 5.92 Å². The molecule has 0 saturated carbocycles. The lowest BCUT2D eigenvalue weighted by Crippen LogP contribution is -2.13. The Hall–Kier alpha value is -1.87. The zero-order valence-corrected chi connectivity index (χ0v) is 12.2. The first-order valence-electron chi connectivity index (χ1n) is 6.48. The number of rotatable bonds is 1. The van der Waals surface area contributed by atoms with Crippen LogP contribution in [0, 0.1) is 18.8 Å². The number of pyridine rings is 1. The third kappa shape index (κ3) is 2.18. The Morgan fingerprint density at radius 1 is 1.45 bits per heavy atom. The fraction of sp³-hybridized carbons (Fsp3) is 0.429. The van der Waals surface area contributed by atoms with Crippen molar-refractivity contribution < 1.29 is 8.42 Å². The maximum absolute atomic E-state index is 11.6. The molecular weight excluding hydrogens is 274 g/mol. The van der Waals surface area contributed by atoms with Crippen molar-refractivity contribution in [2.24, 2.45) is 0 Å². The van der Waals surface area contributed by atoms with E-state index in [1.165, 1.54) is 0 Å². The van der Waals surface area contributed by atoms with Crippen LogP contribution in [0.1, 0.15) is 30.6 Å². The van der Waals surface area contributed by atoms with Gasteiger partial charge in [-0.2, -0.15) is 5.10 Å². The Kier molecular flexibility index (Phi) is 3.02. The second kappa shape index (κ2) is 4.60. The summed E-state index contributed by atoms with van der Waals surface area (Å²) in [7, 11) is -2.93. The highest BCUT2D eigenvalue weighted by molar-refractivity contribution is 7.91. The zero-order valence-electron chi connectivity index (χ0n) is 11.4. The predicted octanol–water partition coefficient (Wildman–Crippen LogP) is 1.47. The van der Waals surface area contributed by atoms with E-state index in [0.717, 1.165) is 22.3 Å². The van der Waals surface area contributed by atoms with E-state index in [-0.39, 0.29) is 17.5 Å². The highest BCUT2D eigenvalue weighted by Gasteiger charge is 2.31. The summed E-state index contributed by atoms with van der Waals surface area (Å²) in [6.07, 6.45) is 2.32. The van der Waals surface area contributed by atoms with Crippen LogP contribution in [0.15, 0.2) is 12.3 Å². The minimum atomic E-state index is -2.93. The van der Waals surface area contributed by atoms with E-state index in [1.807, 2.05) is 13.0 Å². The first-order chi connectivity index (χ1) is 9.50. The molecule has 0 bridgehead atoms. The largest absolute Gasteiger partial charge is 0.243 e. The Labute approximate surface area is 117 Å². The van der Waals surface area contributed by atoms with Crippen LogP contribution in [-0.2, 0) is 9.84 Å². The van der Waals surface area contributed by atoms with Gasteiger partial charge in [0.25, 0.3) is 0 Å². The molecule has 1 fully saturated rings. The third-order valence-corrected chi connectivity index (χ3v) is 5.31. The fourth-order valence-electron chi connectivity index (χ4n) is 2.60. The summed E-state index contributed by atoms with van der Waals surface area (Å²) in [5.41, 5.74) is 2.45.